The van der Waals surface area contributed by atoms with E-state index in [-0.39, 0.29) is 22.2 Å². The molecule has 1 atom stereocenters. The first-order valence-corrected chi connectivity index (χ1v) is 7.03. The summed E-state index contributed by atoms with van der Waals surface area (Å²) in [6.45, 7) is 11.0. The molecule has 19 heavy (non-hydrogen) atoms. The zero-order chi connectivity index (χ0) is 14.3. The Morgan fingerprint density at radius 2 is 1.74 bits per heavy atom. The van der Waals surface area contributed by atoms with E-state index < -0.39 is 0 Å². The number of amides is 1. The van der Waals surface area contributed by atoms with Gasteiger partial charge in [-0.3, -0.25) is 4.79 Å². The molecule has 104 valence electrons. The molecule has 0 saturated heterocycles. The lowest BCUT2D eigenvalue weighted by atomic mass is 9.78. The molecule has 2 nitrogen and oxygen atoms in total. The first-order chi connectivity index (χ1) is 8.66. The fraction of sp³-hybridized carbons (Fsp3) is 0.588. The highest BCUT2D eigenvalue weighted by atomic mass is 16.2. The van der Waals surface area contributed by atoms with Gasteiger partial charge in [0.2, 0.25) is 5.91 Å². The third kappa shape index (κ3) is 2.83. The first-order valence-electron chi connectivity index (χ1n) is 7.03. The van der Waals surface area contributed by atoms with E-state index >= 15 is 0 Å². The van der Waals surface area contributed by atoms with Crippen LogP contribution in [-0.2, 0) is 4.79 Å². The van der Waals surface area contributed by atoms with Crippen LogP contribution in [0.15, 0.2) is 30.3 Å². The van der Waals surface area contributed by atoms with Crippen LogP contribution in [-0.4, -0.2) is 5.91 Å². The van der Waals surface area contributed by atoms with Crippen LogP contribution in [0.25, 0.3) is 0 Å². The molecule has 1 aromatic rings. The standard InChI is InChI=1S/C17H25NO/c1-15(2,3)11-17(12-16(17,4)5)14(19)18-13-9-7-6-8-10-13/h6-10H,11-12H2,1-5H3,(H,18,19). The molecule has 1 aromatic carbocycles. The second-order valence-electron chi connectivity index (χ2n) is 7.70. The third-order valence-corrected chi connectivity index (χ3v) is 4.21. The molecular formula is C17H25NO. The van der Waals surface area contributed by atoms with E-state index in [0.717, 1.165) is 18.5 Å². The number of anilines is 1. The van der Waals surface area contributed by atoms with E-state index in [0.29, 0.717) is 0 Å². The molecule has 0 heterocycles. The molecule has 0 aromatic heterocycles. The van der Waals surface area contributed by atoms with Crippen LogP contribution in [0.4, 0.5) is 5.69 Å². The van der Waals surface area contributed by atoms with E-state index in [1.54, 1.807) is 0 Å². The number of hydrogen-bond donors (Lipinski definition) is 1. The van der Waals surface area contributed by atoms with Crippen molar-refractivity contribution < 1.29 is 4.79 Å². The Kier molecular flexibility index (Phi) is 3.24. The lowest BCUT2D eigenvalue weighted by molar-refractivity contribution is -0.123. The maximum Gasteiger partial charge on any atom is 0.231 e. The van der Waals surface area contributed by atoms with E-state index in [4.69, 9.17) is 0 Å². The monoisotopic (exact) mass is 259 g/mol. The molecule has 1 aliphatic carbocycles. The van der Waals surface area contributed by atoms with Gasteiger partial charge < -0.3 is 5.32 Å². The van der Waals surface area contributed by atoms with Gasteiger partial charge in [-0.25, -0.2) is 0 Å². The predicted molar refractivity (Wildman–Crippen MR) is 80.0 cm³/mol. The molecule has 0 aliphatic heterocycles. The van der Waals surface area contributed by atoms with Crippen molar-refractivity contribution in [3.05, 3.63) is 30.3 Å². The van der Waals surface area contributed by atoms with Crippen LogP contribution in [0.1, 0.15) is 47.5 Å². The van der Waals surface area contributed by atoms with E-state index in [1.165, 1.54) is 0 Å². The topological polar surface area (TPSA) is 29.1 Å². The van der Waals surface area contributed by atoms with Crippen molar-refractivity contribution in [1.82, 2.24) is 0 Å². The Morgan fingerprint density at radius 3 is 2.16 bits per heavy atom. The molecule has 0 bridgehead atoms. The predicted octanol–water partition coefficient (Wildman–Crippen LogP) is 4.48. The maximum atomic E-state index is 12.7. The Labute approximate surface area is 116 Å². The highest BCUT2D eigenvalue weighted by Gasteiger charge is 2.66. The Hall–Kier alpha value is -1.31. The summed E-state index contributed by atoms with van der Waals surface area (Å²) < 4.78 is 0. The SMILES string of the molecule is CC(C)(C)CC1(C(=O)Nc2ccccc2)CC1(C)C. The van der Waals surface area contributed by atoms with Crippen molar-refractivity contribution in [3.8, 4) is 0 Å². The Bertz CT molecular complexity index is 470. The molecular weight excluding hydrogens is 234 g/mol. The molecule has 2 heteroatoms. The van der Waals surface area contributed by atoms with E-state index in [2.05, 4.69) is 39.9 Å². The minimum atomic E-state index is -0.207. The number of carbonyl (C=O) groups excluding carboxylic acids is 1. The van der Waals surface area contributed by atoms with E-state index in [1.807, 2.05) is 30.3 Å². The molecule has 2 rings (SSSR count). The Balaban J connectivity index is 2.16. The third-order valence-electron chi connectivity index (χ3n) is 4.21. The summed E-state index contributed by atoms with van der Waals surface area (Å²) in [7, 11) is 0. The van der Waals surface area contributed by atoms with Gasteiger partial charge in [0.1, 0.15) is 0 Å². The summed E-state index contributed by atoms with van der Waals surface area (Å²) in [4.78, 5) is 12.7. The zero-order valence-corrected chi connectivity index (χ0v) is 12.7. The average Bonchev–Trinajstić information content (AvgIpc) is 2.80. The van der Waals surface area contributed by atoms with Crippen molar-refractivity contribution in [1.29, 1.82) is 0 Å². The van der Waals surface area contributed by atoms with Gasteiger partial charge in [-0.2, -0.15) is 0 Å². The highest BCUT2D eigenvalue weighted by Crippen LogP contribution is 2.68. The average molecular weight is 259 g/mol. The van der Waals surface area contributed by atoms with Gasteiger partial charge in [-0.15, -0.1) is 0 Å². The number of para-hydroxylation sites is 1. The normalized spacial score (nSPS) is 24.9. The van der Waals surface area contributed by atoms with Gasteiger partial charge >= 0.3 is 0 Å². The number of carbonyl (C=O) groups is 1. The second kappa shape index (κ2) is 4.36. The summed E-state index contributed by atoms with van der Waals surface area (Å²) in [6, 6.07) is 9.74. The van der Waals surface area contributed by atoms with Crippen molar-refractivity contribution in [2.24, 2.45) is 16.2 Å². The van der Waals surface area contributed by atoms with Crippen LogP contribution < -0.4 is 5.32 Å². The van der Waals surface area contributed by atoms with Gasteiger partial charge in [0, 0.05) is 5.69 Å². The Morgan fingerprint density at radius 1 is 1.21 bits per heavy atom. The van der Waals surface area contributed by atoms with Crippen LogP contribution in [0.5, 0.6) is 0 Å². The molecule has 0 spiro atoms. The minimum absolute atomic E-state index is 0.110. The summed E-state index contributed by atoms with van der Waals surface area (Å²) in [5, 5.41) is 3.08. The molecule has 1 aliphatic rings. The molecule has 1 fully saturated rings. The number of hydrogen-bond acceptors (Lipinski definition) is 1. The van der Waals surface area contributed by atoms with Gasteiger partial charge in [0.25, 0.3) is 0 Å². The number of benzene rings is 1. The van der Waals surface area contributed by atoms with Crippen molar-refractivity contribution >= 4 is 11.6 Å². The van der Waals surface area contributed by atoms with E-state index in [9.17, 15) is 4.79 Å². The van der Waals surface area contributed by atoms with Gasteiger partial charge in [-0.05, 0) is 35.8 Å². The fourth-order valence-electron chi connectivity index (χ4n) is 3.16. The lowest BCUT2D eigenvalue weighted by Crippen LogP contribution is -2.32. The molecule has 1 amide bonds. The van der Waals surface area contributed by atoms with Crippen molar-refractivity contribution in [3.63, 3.8) is 0 Å². The highest BCUT2D eigenvalue weighted by molar-refractivity contribution is 5.98. The van der Waals surface area contributed by atoms with Crippen molar-refractivity contribution in [2.45, 2.75) is 47.5 Å². The van der Waals surface area contributed by atoms with Crippen LogP contribution in [0.2, 0.25) is 0 Å². The smallest absolute Gasteiger partial charge is 0.231 e. The molecule has 1 unspecified atom stereocenters. The van der Waals surface area contributed by atoms with Gasteiger partial charge in [0.05, 0.1) is 5.41 Å². The fourth-order valence-corrected chi connectivity index (χ4v) is 3.16. The number of rotatable bonds is 3. The summed E-state index contributed by atoms with van der Waals surface area (Å²) >= 11 is 0. The zero-order valence-electron chi connectivity index (χ0n) is 12.7. The lowest BCUT2D eigenvalue weighted by Gasteiger charge is -2.28. The van der Waals surface area contributed by atoms with Gasteiger partial charge in [-0.1, -0.05) is 52.8 Å². The maximum absolute atomic E-state index is 12.7. The summed E-state index contributed by atoms with van der Waals surface area (Å²) in [5.41, 5.74) is 0.964. The molecule has 1 saturated carbocycles. The largest absolute Gasteiger partial charge is 0.326 e. The van der Waals surface area contributed by atoms with Crippen LogP contribution >= 0.6 is 0 Å². The molecule has 0 radical (unpaired) electrons. The second-order valence-corrected chi connectivity index (χ2v) is 7.70. The quantitative estimate of drug-likeness (QED) is 0.852. The summed E-state index contributed by atoms with van der Waals surface area (Å²) in [5.74, 6) is 0.179. The van der Waals surface area contributed by atoms with Crippen LogP contribution in [0.3, 0.4) is 0 Å². The van der Waals surface area contributed by atoms with Gasteiger partial charge in [0.15, 0.2) is 0 Å². The summed E-state index contributed by atoms with van der Waals surface area (Å²) in [6.07, 6.45) is 1.92. The number of nitrogens with one attached hydrogen (secondary N) is 1. The first kappa shape index (κ1) is 14.1. The molecule has 1 N–H and O–H groups in total. The van der Waals surface area contributed by atoms with Crippen LogP contribution in [0, 0.1) is 16.2 Å². The minimum Gasteiger partial charge on any atom is -0.326 e. The van der Waals surface area contributed by atoms with Crippen molar-refractivity contribution in [2.75, 3.05) is 5.32 Å².